The number of benzene rings is 2. The Kier molecular flexibility index (Phi) is 7.03. The van der Waals surface area contributed by atoms with Crippen molar-refractivity contribution in [1.82, 2.24) is 14.9 Å². The molecule has 0 bridgehead atoms. The number of amides is 2. The van der Waals surface area contributed by atoms with E-state index >= 15 is 0 Å². The number of nitrogens with one attached hydrogen (secondary N) is 4. The number of carbonyl (C=O) groups excluding carboxylic acids is 2. The van der Waals surface area contributed by atoms with Crippen LogP contribution in [0.4, 0.5) is 33.2 Å². The number of aromatic nitrogens is 3. The third-order valence-electron chi connectivity index (χ3n) is 6.61. The molecule has 6 N–H and O–H groups in total. The number of nitrogens with zero attached hydrogens (tertiary/aromatic N) is 3. The number of rotatable bonds is 9. The Bertz CT molecular complexity index is 1570. The Hall–Kier alpha value is -4.71. The summed E-state index contributed by atoms with van der Waals surface area (Å²) in [6.07, 6.45) is 2.89. The van der Waals surface area contributed by atoms with E-state index in [1.807, 2.05) is 31.1 Å². The standard InChI is InChI=1S/C27H29FN8O3/c1-35(2)11-9-22(37)36-12-8-15-13-21(39-3)19(14-20(15)36)32-27-33-25-16(7-10-30-25)26(34-27)31-18-6-4-5-17(28)23(18)24(29)38/h4-7,10,13-14H,8-9,11-12H2,1-3H3,(H2,29,38)(H3,30,31,32,33,34)/p+1. The number of nitrogens with two attached hydrogens (primary N) is 1. The van der Waals surface area contributed by atoms with Crippen molar-refractivity contribution < 1.29 is 23.7 Å². The van der Waals surface area contributed by atoms with Gasteiger partial charge in [-0.1, -0.05) is 11.1 Å². The Morgan fingerprint density at radius 1 is 1.23 bits per heavy atom. The molecule has 2 amide bonds. The molecule has 0 fully saturated rings. The molecular formula is C27H30FN8O3+. The highest BCUT2D eigenvalue weighted by atomic mass is 19.1. The summed E-state index contributed by atoms with van der Waals surface area (Å²) in [5, 5.41) is 6.98. The van der Waals surface area contributed by atoms with Crippen LogP contribution in [0.3, 0.4) is 0 Å². The second-order valence-electron chi connectivity index (χ2n) is 9.51. The maximum Gasteiger partial charge on any atom is 0.351 e. The van der Waals surface area contributed by atoms with Crippen LogP contribution in [-0.2, 0) is 11.2 Å². The molecule has 2 aromatic heterocycles. The van der Waals surface area contributed by atoms with Gasteiger partial charge in [-0.2, -0.15) is 0 Å². The van der Waals surface area contributed by atoms with E-state index in [-0.39, 0.29) is 17.2 Å². The molecule has 202 valence electrons. The first-order chi connectivity index (χ1) is 18.7. The van der Waals surface area contributed by atoms with Crippen LogP contribution >= 0.6 is 0 Å². The van der Waals surface area contributed by atoms with E-state index in [0.29, 0.717) is 53.7 Å². The minimum Gasteiger partial charge on any atom is -0.493 e. The van der Waals surface area contributed by atoms with Crippen molar-refractivity contribution in [3.8, 4) is 5.75 Å². The normalized spacial score (nSPS) is 12.6. The molecule has 11 nitrogen and oxygen atoms in total. The van der Waals surface area contributed by atoms with Gasteiger partial charge in [0.25, 0.3) is 5.91 Å². The van der Waals surface area contributed by atoms with E-state index < -0.39 is 11.7 Å². The molecule has 0 saturated carbocycles. The third-order valence-corrected chi connectivity index (χ3v) is 6.61. The molecular weight excluding hydrogens is 503 g/mol. The molecule has 12 heteroatoms. The van der Waals surface area contributed by atoms with Gasteiger partial charge in [0.2, 0.25) is 17.4 Å². The summed E-state index contributed by atoms with van der Waals surface area (Å²) in [6.45, 7) is 1.27. The van der Waals surface area contributed by atoms with Crippen molar-refractivity contribution in [3.05, 3.63) is 59.5 Å². The average molecular weight is 534 g/mol. The number of ether oxygens (including phenoxy) is 1. The van der Waals surface area contributed by atoms with Crippen molar-refractivity contribution in [2.75, 3.05) is 49.8 Å². The lowest BCUT2D eigenvalue weighted by Crippen LogP contribution is -2.31. The molecule has 0 unspecified atom stereocenters. The minimum atomic E-state index is -0.894. The third kappa shape index (κ3) is 5.18. The zero-order chi connectivity index (χ0) is 27.7. The Balaban J connectivity index is 1.50. The molecule has 1 aliphatic rings. The zero-order valence-electron chi connectivity index (χ0n) is 21.9. The highest BCUT2D eigenvalue weighted by Crippen LogP contribution is 2.38. The number of anilines is 5. The highest BCUT2D eigenvalue weighted by molar-refractivity contribution is 6.01. The number of H-pyrrole nitrogens is 2. The van der Waals surface area contributed by atoms with Crippen LogP contribution in [0.15, 0.2) is 42.6 Å². The first kappa shape index (κ1) is 25.9. The largest absolute Gasteiger partial charge is 0.493 e. The van der Waals surface area contributed by atoms with Gasteiger partial charge in [-0.05, 0) is 50.3 Å². The van der Waals surface area contributed by atoms with Crippen LogP contribution in [0.5, 0.6) is 5.75 Å². The van der Waals surface area contributed by atoms with Crippen molar-refractivity contribution >= 4 is 51.7 Å². The van der Waals surface area contributed by atoms with Crippen LogP contribution < -0.4 is 31.0 Å². The predicted octanol–water partition coefficient (Wildman–Crippen LogP) is 2.95. The Morgan fingerprint density at radius 2 is 2.05 bits per heavy atom. The maximum absolute atomic E-state index is 14.4. The number of methoxy groups -OCH3 is 1. The molecule has 1 aliphatic heterocycles. The van der Waals surface area contributed by atoms with Crippen molar-refractivity contribution in [3.63, 3.8) is 0 Å². The number of fused-ring (bicyclic) bond motifs is 2. The van der Waals surface area contributed by atoms with Gasteiger partial charge >= 0.3 is 5.95 Å². The molecule has 4 aromatic rings. The van der Waals surface area contributed by atoms with Gasteiger partial charge in [-0.3, -0.25) is 19.9 Å². The maximum atomic E-state index is 14.4. The monoisotopic (exact) mass is 533 g/mol. The second kappa shape index (κ2) is 10.6. The van der Waals surface area contributed by atoms with Crippen LogP contribution in [-0.4, -0.2) is 61.0 Å². The van der Waals surface area contributed by atoms with E-state index in [1.54, 1.807) is 30.3 Å². The summed E-state index contributed by atoms with van der Waals surface area (Å²) in [6, 6.07) is 9.81. The number of hydrogen-bond acceptors (Lipinski definition) is 7. The molecule has 39 heavy (non-hydrogen) atoms. The molecule has 0 aliphatic carbocycles. The summed E-state index contributed by atoms with van der Waals surface area (Å²) in [5.74, 6) is -0.273. The minimum absolute atomic E-state index is 0.0582. The second-order valence-corrected chi connectivity index (χ2v) is 9.51. The van der Waals surface area contributed by atoms with Crippen LogP contribution in [0.25, 0.3) is 11.0 Å². The predicted molar refractivity (Wildman–Crippen MR) is 146 cm³/mol. The topological polar surface area (TPSA) is 143 Å². The summed E-state index contributed by atoms with van der Waals surface area (Å²) >= 11 is 0. The smallest absolute Gasteiger partial charge is 0.351 e. The summed E-state index contributed by atoms with van der Waals surface area (Å²) in [4.78, 5) is 39.6. The van der Waals surface area contributed by atoms with Gasteiger partial charge in [0.15, 0.2) is 5.75 Å². The van der Waals surface area contributed by atoms with E-state index in [0.717, 1.165) is 17.7 Å². The van der Waals surface area contributed by atoms with E-state index in [9.17, 15) is 14.0 Å². The Morgan fingerprint density at radius 3 is 2.79 bits per heavy atom. The van der Waals surface area contributed by atoms with Crippen molar-refractivity contribution in [2.45, 2.75) is 12.8 Å². The number of halogens is 1. The highest BCUT2D eigenvalue weighted by Gasteiger charge is 2.28. The molecule has 0 saturated heterocycles. The fraction of sp³-hybridized carbons (Fsp3) is 0.259. The number of hydrogen-bond donors (Lipinski definition) is 4. The van der Waals surface area contributed by atoms with Crippen molar-refractivity contribution in [1.29, 1.82) is 0 Å². The lowest BCUT2D eigenvalue weighted by molar-refractivity contribution is -0.333. The number of primary amides is 1. The first-order valence-corrected chi connectivity index (χ1v) is 12.4. The van der Waals surface area contributed by atoms with Crippen LogP contribution in [0.1, 0.15) is 22.3 Å². The number of aromatic amines is 2. The fourth-order valence-electron chi connectivity index (χ4n) is 4.67. The molecule has 2 aromatic carbocycles. The Labute approximate surface area is 224 Å². The van der Waals surface area contributed by atoms with Gasteiger partial charge in [-0.15, -0.1) is 0 Å². The van der Waals surface area contributed by atoms with Crippen molar-refractivity contribution in [2.24, 2.45) is 5.73 Å². The van der Waals surface area contributed by atoms with Gasteiger partial charge in [-0.25, -0.2) is 9.37 Å². The fourth-order valence-corrected chi connectivity index (χ4v) is 4.67. The SMILES string of the molecule is COc1cc2c(cc1Nc1nc(Nc3cccc(F)c3C(N)=O)c3cc[nH]c3[nH+]1)N(C(=O)CCN(C)C)CC2. The molecule has 0 atom stereocenters. The van der Waals surface area contributed by atoms with E-state index in [1.165, 1.54) is 12.1 Å². The molecule has 0 spiro atoms. The van der Waals surface area contributed by atoms with Gasteiger partial charge in [0.05, 0.1) is 29.4 Å². The zero-order valence-corrected chi connectivity index (χ0v) is 21.9. The molecule has 3 heterocycles. The van der Waals surface area contributed by atoms with Crippen LogP contribution in [0, 0.1) is 5.82 Å². The molecule has 0 radical (unpaired) electrons. The first-order valence-electron chi connectivity index (χ1n) is 12.4. The average Bonchev–Trinajstić information content (AvgIpc) is 3.53. The summed E-state index contributed by atoms with van der Waals surface area (Å²) < 4.78 is 20.0. The van der Waals surface area contributed by atoms with Crippen LogP contribution in [0.2, 0.25) is 0 Å². The lowest BCUT2D eigenvalue weighted by Gasteiger charge is -2.20. The quantitative estimate of drug-likeness (QED) is 0.259. The van der Waals surface area contributed by atoms with Gasteiger partial charge in [0, 0.05) is 31.8 Å². The molecule has 5 rings (SSSR count). The van der Waals surface area contributed by atoms with E-state index in [4.69, 9.17) is 10.5 Å². The summed E-state index contributed by atoms with van der Waals surface area (Å²) in [5.41, 5.74) is 8.45. The lowest BCUT2D eigenvalue weighted by atomic mass is 10.1. The summed E-state index contributed by atoms with van der Waals surface area (Å²) in [7, 11) is 5.46. The number of carbonyl (C=O) groups is 2. The van der Waals surface area contributed by atoms with E-state index in [2.05, 4.69) is 25.6 Å². The van der Waals surface area contributed by atoms with Gasteiger partial charge < -0.3 is 25.6 Å². The van der Waals surface area contributed by atoms with Gasteiger partial charge in [0.1, 0.15) is 11.5 Å².